The number of rotatable bonds is 2. The largest absolute Gasteiger partial charge is 0.444 e. The van der Waals surface area contributed by atoms with Crippen LogP contribution in [0.2, 0.25) is 0 Å². The summed E-state index contributed by atoms with van der Waals surface area (Å²) in [6, 6.07) is 12.7. The molecule has 1 aliphatic heterocycles. The molecule has 0 aromatic heterocycles. The van der Waals surface area contributed by atoms with Gasteiger partial charge in [0.1, 0.15) is 12.4 Å². The normalized spacial score (nSPS) is 17.0. The second kappa shape index (κ2) is 7.39. The number of aryl methyl sites for hydroxylation is 1. The summed E-state index contributed by atoms with van der Waals surface area (Å²) in [6.07, 6.45) is 1.18. The highest BCUT2D eigenvalue weighted by atomic mass is 79.9. The van der Waals surface area contributed by atoms with Crippen LogP contribution in [0.5, 0.6) is 0 Å². The van der Waals surface area contributed by atoms with Crippen molar-refractivity contribution in [2.24, 2.45) is 5.41 Å². The molecule has 26 heavy (non-hydrogen) atoms. The monoisotopic (exact) mass is 419 g/mol. The van der Waals surface area contributed by atoms with Crippen molar-refractivity contribution in [2.75, 3.05) is 4.90 Å². The molecular weight excluding hydrogens is 397 g/mol. The number of nitrogens with zero attached hydrogens (tertiary/aromatic N) is 1. The van der Waals surface area contributed by atoms with Crippen molar-refractivity contribution in [3.8, 4) is 0 Å². The van der Waals surface area contributed by atoms with Crippen molar-refractivity contribution in [3.63, 3.8) is 0 Å². The van der Waals surface area contributed by atoms with Crippen LogP contribution in [-0.2, 0) is 17.8 Å². The molecule has 0 N–H and O–H groups in total. The first-order valence-electron chi connectivity index (χ1n) is 8.75. The summed E-state index contributed by atoms with van der Waals surface area (Å²) >= 11 is 3.24. The summed E-state index contributed by atoms with van der Waals surface area (Å²) in [5, 5.41) is 0. The molecule has 3 nitrogen and oxygen atoms in total. The van der Waals surface area contributed by atoms with E-state index in [2.05, 4.69) is 36.7 Å². The van der Waals surface area contributed by atoms with E-state index in [-0.39, 0.29) is 23.9 Å². The maximum Gasteiger partial charge on any atom is 0.414 e. The van der Waals surface area contributed by atoms with E-state index in [1.807, 2.05) is 30.3 Å². The molecule has 0 fully saturated rings. The summed E-state index contributed by atoms with van der Waals surface area (Å²) in [4.78, 5) is 14.6. The number of anilines is 1. The summed E-state index contributed by atoms with van der Waals surface area (Å²) < 4.78 is 20.2. The number of ether oxygens (including phenoxy) is 1. The van der Waals surface area contributed by atoms with Crippen molar-refractivity contribution in [1.29, 1.82) is 0 Å². The van der Waals surface area contributed by atoms with E-state index >= 15 is 0 Å². The molecule has 0 aliphatic carbocycles. The molecule has 1 aliphatic rings. The van der Waals surface area contributed by atoms with Crippen molar-refractivity contribution in [1.82, 2.24) is 0 Å². The Balaban J connectivity index is 1.92. The highest BCUT2D eigenvalue weighted by Gasteiger charge is 2.39. The summed E-state index contributed by atoms with van der Waals surface area (Å²) in [5.41, 5.74) is 2.34. The van der Waals surface area contributed by atoms with Gasteiger partial charge in [0.15, 0.2) is 0 Å². The summed E-state index contributed by atoms with van der Waals surface area (Å²) in [6.45, 7) is 6.47. The number of halogens is 2. The Morgan fingerprint density at radius 1 is 1.27 bits per heavy atom. The minimum absolute atomic E-state index is 0.0566. The molecule has 3 rings (SSSR count). The number of fused-ring (bicyclic) bond motifs is 1. The van der Waals surface area contributed by atoms with Gasteiger partial charge in [-0.15, -0.1) is 0 Å². The van der Waals surface area contributed by atoms with Crippen LogP contribution in [0.25, 0.3) is 0 Å². The minimum Gasteiger partial charge on any atom is -0.444 e. The molecule has 0 saturated carbocycles. The number of hydrogen-bond acceptors (Lipinski definition) is 2. The van der Waals surface area contributed by atoms with Gasteiger partial charge in [0.25, 0.3) is 0 Å². The number of carbonyl (C=O) groups excluding carboxylic acids is 1. The lowest BCUT2D eigenvalue weighted by Crippen LogP contribution is -2.50. The quantitative estimate of drug-likeness (QED) is 0.588. The first-order valence-corrected chi connectivity index (χ1v) is 9.54. The van der Waals surface area contributed by atoms with Crippen molar-refractivity contribution >= 4 is 27.7 Å². The average molecular weight is 420 g/mol. The molecule has 0 bridgehead atoms. The van der Waals surface area contributed by atoms with Crippen LogP contribution in [0.1, 0.15) is 38.3 Å². The number of benzene rings is 2. The number of carbonyl (C=O) groups is 1. The lowest BCUT2D eigenvalue weighted by molar-refractivity contribution is 0.136. The van der Waals surface area contributed by atoms with E-state index < -0.39 is 6.09 Å². The fourth-order valence-corrected chi connectivity index (χ4v) is 3.82. The van der Waals surface area contributed by atoms with Gasteiger partial charge in [-0.3, -0.25) is 4.90 Å². The van der Waals surface area contributed by atoms with Gasteiger partial charge in [0.05, 0.1) is 10.2 Å². The van der Waals surface area contributed by atoms with E-state index in [1.165, 1.54) is 6.07 Å². The first kappa shape index (κ1) is 18.9. The van der Waals surface area contributed by atoms with E-state index in [4.69, 9.17) is 4.74 Å². The SMILES string of the molecule is CC(C)(C)C1CCc2cc(Br)c(F)cc2N1C(=O)OCc1ccccc1. The molecule has 5 heteroatoms. The first-order chi connectivity index (χ1) is 12.3. The predicted octanol–water partition coefficient (Wildman–Crippen LogP) is 6.09. The van der Waals surface area contributed by atoms with E-state index in [1.54, 1.807) is 11.0 Å². The Kier molecular flexibility index (Phi) is 5.37. The second-order valence-electron chi connectivity index (χ2n) is 7.73. The van der Waals surface area contributed by atoms with Gasteiger partial charge >= 0.3 is 6.09 Å². The van der Waals surface area contributed by atoms with Gasteiger partial charge < -0.3 is 4.74 Å². The topological polar surface area (TPSA) is 29.5 Å². The van der Waals surface area contributed by atoms with Crippen LogP contribution in [0.3, 0.4) is 0 Å². The number of hydrogen-bond donors (Lipinski definition) is 0. The third-order valence-corrected chi connectivity index (χ3v) is 5.39. The molecule has 2 aromatic carbocycles. The van der Waals surface area contributed by atoms with Crippen LogP contribution < -0.4 is 4.90 Å². The van der Waals surface area contributed by atoms with Crippen LogP contribution in [-0.4, -0.2) is 12.1 Å². The smallest absolute Gasteiger partial charge is 0.414 e. The zero-order valence-electron chi connectivity index (χ0n) is 15.3. The summed E-state index contributed by atoms with van der Waals surface area (Å²) in [5.74, 6) is -0.376. The van der Waals surface area contributed by atoms with Crippen LogP contribution in [0.4, 0.5) is 14.9 Å². The molecule has 138 valence electrons. The van der Waals surface area contributed by atoms with Gasteiger partial charge in [0, 0.05) is 6.04 Å². The second-order valence-corrected chi connectivity index (χ2v) is 8.58. The van der Waals surface area contributed by atoms with E-state index in [0.29, 0.717) is 10.2 Å². The fraction of sp³-hybridized carbons (Fsp3) is 0.381. The van der Waals surface area contributed by atoms with Gasteiger partial charge in [-0.1, -0.05) is 51.1 Å². The maximum atomic E-state index is 14.2. The minimum atomic E-state index is -0.434. The molecular formula is C21H23BrFNO2. The lowest BCUT2D eigenvalue weighted by atomic mass is 9.79. The standard InChI is InChI=1S/C21H23BrFNO2/c1-21(2,3)19-10-9-15-11-16(22)17(23)12-18(15)24(19)20(25)26-13-14-7-5-4-6-8-14/h4-8,11-12,19H,9-10,13H2,1-3H3. The van der Waals surface area contributed by atoms with Crippen LogP contribution >= 0.6 is 15.9 Å². The molecule has 0 radical (unpaired) electrons. The molecule has 1 heterocycles. The molecule has 1 amide bonds. The van der Waals surface area contributed by atoms with Gasteiger partial charge in [-0.05, 0) is 57.4 Å². The van der Waals surface area contributed by atoms with Gasteiger partial charge in [0.2, 0.25) is 0 Å². The van der Waals surface area contributed by atoms with Crippen LogP contribution in [0, 0.1) is 11.2 Å². The third kappa shape index (κ3) is 3.93. The third-order valence-electron chi connectivity index (χ3n) is 4.78. The molecule has 1 atom stereocenters. The predicted molar refractivity (Wildman–Crippen MR) is 105 cm³/mol. The summed E-state index contributed by atoms with van der Waals surface area (Å²) in [7, 11) is 0. The van der Waals surface area contributed by atoms with Crippen molar-refractivity contribution in [3.05, 3.63) is 63.9 Å². The lowest BCUT2D eigenvalue weighted by Gasteiger charge is -2.43. The highest BCUT2D eigenvalue weighted by molar-refractivity contribution is 9.10. The van der Waals surface area contributed by atoms with Gasteiger partial charge in [-0.2, -0.15) is 0 Å². The molecule has 2 aromatic rings. The van der Waals surface area contributed by atoms with Crippen LogP contribution in [0.15, 0.2) is 46.9 Å². The van der Waals surface area contributed by atoms with E-state index in [0.717, 1.165) is 24.0 Å². The zero-order valence-corrected chi connectivity index (χ0v) is 16.8. The average Bonchev–Trinajstić information content (AvgIpc) is 2.60. The Hall–Kier alpha value is -1.88. The van der Waals surface area contributed by atoms with E-state index in [9.17, 15) is 9.18 Å². The Labute approximate surface area is 162 Å². The zero-order chi connectivity index (χ0) is 18.9. The Morgan fingerprint density at radius 2 is 1.96 bits per heavy atom. The highest BCUT2D eigenvalue weighted by Crippen LogP contribution is 2.40. The Morgan fingerprint density at radius 3 is 2.62 bits per heavy atom. The number of amides is 1. The van der Waals surface area contributed by atoms with Crippen molar-refractivity contribution in [2.45, 2.75) is 46.3 Å². The van der Waals surface area contributed by atoms with Crippen molar-refractivity contribution < 1.29 is 13.9 Å². The maximum absolute atomic E-state index is 14.2. The fourth-order valence-electron chi connectivity index (χ4n) is 3.43. The Bertz CT molecular complexity index is 802. The molecule has 0 spiro atoms. The molecule has 0 saturated heterocycles. The van der Waals surface area contributed by atoms with Gasteiger partial charge in [-0.25, -0.2) is 9.18 Å². The molecule has 1 unspecified atom stereocenters.